The molecule has 0 spiro atoms. The Bertz CT molecular complexity index is 830. The van der Waals surface area contributed by atoms with Gasteiger partial charge in [0.2, 0.25) is 0 Å². The molecule has 0 saturated carbocycles. The van der Waals surface area contributed by atoms with Crippen molar-refractivity contribution in [3.63, 3.8) is 0 Å². The smallest absolute Gasteiger partial charge is 0.198 e. The van der Waals surface area contributed by atoms with Gasteiger partial charge in [0, 0.05) is 17.4 Å². The molecule has 2 nitrogen and oxygen atoms in total. The Hall–Kier alpha value is -2.06. The molecule has 0 amide bonds. The summed E-state index contributed by atoms with van der Waals surface area (Å²) < 4.78 is 5.79. The maximum atomic E-state index is 12.9. The lowest BCUT2D eigenvalue weighted by molar-refractivity contribution is 0.103. The first-order valence-electron chi connectivity index (χ1n) is 6.93. The maximum absolute atomic E-state index is 12.9. The highest BCUT2D eigenvalue weighted by Crippen LogP contribution is 2.30. The first-order valence-corrected chi connectivity index (χ1v) is 7.31. The zero-order chi connectivity index (χ0) is 15.0. The van der Waals surface area contributed by atoms with Crippen molar-refractivity contribution in [2.75, 3.05) is 0 Å². The third kappa shape index (κ3) is 2.36. The number of aryl methyl sites for hydroxylation is 2. The second-order valence-electron chi connectivity index (χ2n) is 5.06. The molecule has 0 aliphatic rings. The van der Waals surface area contributed by atoms with Crippen molar-refractivity contribution in [2.24, 2.45) is 0 Å². The Morgan fingerprint density at radius 2 is 1.95 bits per heavy atom. The van der Waals surface area contributed by atoms with E-state index in [0.717, 1.165) is 16.5 Å². The lowest BCUT2D eigenvalue weighted by Crippen LogP contribution is -2.04. The summed E-state index contributed by atoms with van der Waals surface area (Å²) in [6, 6.07) is 13.1. The van der Waals surface area contributed by atoms with Gasteiger partial charge in [0.25, 0.3) is 0 Å². The second kappa shape index (κ2) is 5.38. The third-order valence-electron chi connectivity index (χ3n) is 3.59. The fourth-order valence-corrected chi connectivity index (χ4v) is 2.85. The van der Waals surface area contributed by atoms with E-state index in [0.29, 0.717) is 28.3 Å². The highest BCUT2D eigenvalue weighted by Gasteiger charge is 2.22. The Kier molecular flexibility index (Phi) is 3.56. The van der Waals surface area contributed by atoms with Gasteiger partial charge in [-0.15, -0.1) is 0 Å². The summed E-state index contributed by atoms with van der Waals surface area (Å²) in [5.74, 6) is 0.625. The fourth-order valence-electron chi connectivity index (χ4n) is 2.53. The van der Waals surface area contributed by atoms with Crippen molar-refractivity contribution in [2.45, 2.75) is 20.3 Å². The molecule has 1 aromatic heterocycles. The summed E-state index contributed by atoms with van der Waals surface area (Å²) in [6.45, 7) is 3.93. The van der Waals surface area contributed by atoms with Crippen molar-refractivity contribution in [1.29, 1.82) is 0 Å². The topological polar surface area (TPSA) is 30.2 Å². The van der Waals surface area contributed by atoms with Crippen LogP contribution in [0.2, 0.25) is 5.02 Å². The minimum Gasteiger partial charge on any atom is -0.460 e. The third-order valence-corrected chi connectivity index (χ3v) is 3.90. The van der Waals surface area contributed by atoms with Crippen LogP contribution in [0.25, 0.3) is 11.0 Å². The average Bonchev–Trinajstić information content (AvgIpc) is 2.85. The number of hydrogen-bond donors (Lipinski definition) is 0. The largest absolute Gasteiger partial charge is 0.460 e. The number of carbonyl (C=O) groups is 1. The molecule has 2 aromatic carbocycles. The summed E-state index contributed by atoms with van der Waals surface area (Å²) in [6.07, 6.45) is 0.666. The van der Waals surface area contributed by atoms with Crippen LogP contribution in [0.3, 0.4) is 0 Å². The lowest BCUT2D eigenvalue weighted by Gasteiger charge is -2.05. The monoisotopic (exact) mass is 298 g/mol. The van der Waals surface area contributed by atoms with Crippen LogP contribution in [0.1, 0.15) is 34.2 Å². The predicted molar refractivity (Wildman–Crippen MR) is 85.2 cm³/mol. The van der Waals surface area contributed by atoms with Gasteiger partial charge < -0.3 is 4.42 Å². The summed E-state index contributed by atoms with van der Waals surface area (Å²) in [5.41, 5.74) is 2.91. The maximum Gasteiger partial charge on any atom is 0.198 e. The van der Waals surface area contributed by atoms with Gasteiger partial charge in [-0.2, -0.15) is 0 Å². The molecule has 21 heavy (non-hydrogen) atoms. The van der Waals surface area contributed by atoms with Gasteiger partial charge in [0.1, 0.15) is 11.3 Å². The molecule has 0 radical (unpaired) electrons. The van der Waals surface area contributed by atoms with E-state index in [1.54, 1.807) is 6.07 Å². The van der Waals surface area contributed by atoms with Crippen LogP contribution in [0.15, 0.2) is 46.9 Å². The van der Waals surface area contributed by atoms with E-state index in [4.69, 9.17) is 16.0 Å². The van der Waals surface area contributed by atoms with E-state index in [9.17, 15) is 4.79 Å². The summed E-state index contributed by atoms with van der Waals surface area (Å²) in [5, 5.41) is 1.32. The van der Waals surface area contributed by atoms with Gasteiger partial charge in [-0.25, -0.2) is 0 Å². The van der Waals surface area contributed by atoms with Crippen LogP contribution < -0.4 is 0 Å². The highest BCUT2D eigenvalue weighted by atomic mass is 35.5. The standard InChI is InChI=1S/C18H15ClO2/c1-3-15-17(13-6-4-5-7-16(13)21-15)18(20)12-9-8-11(2)10-14(12)19/h4-10H,3H2,1-2H3. The van der Waals surface area contributed by atoms with Crippen LogP contribution in [0.5, 0.6) is 0 Å². The normalized spacial score (nSPS) is 11.0. The molecular formula is C18H15ClO2. The number of benzene rings is 2. The molecule has 106 valence electrons. The van der Waals surface area contributed by atoms with Crippen molar-refractivity contribution in [3.8, 4) is 0 Å². The van der Waals surface area contributed by atoms with Crippen molar-refractivity contribution in [3.05, 3.63) is 69.9 Å². The first kappa shape index (κ1) is 13.9. The summed E-state index contributed by atoms with van der Waals surface area (Å²) >= 11 is 6.24. The van der Waals surface area contributed by atoms with E-state index in [1.807, 2.05) is 50.2 Å². The Labute approximate surface area is 128 Å². The molecular weight excluding hydrogens is 284 g/mol. The van der Waals surface area contributed by atoms with Gasteiger partial charge in [0.05, 0.1) is 10.6 Å². The number of rotatable bonds is 3. The van der Waals surface area contributed by atoms with Gasteiger partial charge in [-0.05, 0) is 30.7 Å². The number of furan rings is 1. The predicted octanol–water partition coefficient (Wildman–Crippen LogP) is 5.19. The molecule has 3 heteroatoms. The van der Waals surface area contributed by atoms with Crippen LogP contribution in [-0.4, -0.2) is 5.78 Å². The molecule has 1 heterocycles. The SMILES string of the molecule is CCc1oc2ccccc2c1C(=O)c1ccc(C)cc1Cl. The number of fused-ring (bicyclic) bond motifs is 1. The fraction of sp³-hybridized carbons (Fsp3) is 0.167. The van der Waals surface area contributed by atoms with Crippen LogP contribution >= 0.6 is 11.6 Å². The molecule has 0 bridgehead atoms. The summed E-state index contributed by atoms with van der Waals surface area (Å²) in [4.78, 5) is 12.9. The van der Waals surface area contributed by atoms with Crippen LogP contribution in [0, 0.1) is 6.92 Å². The average molecular weight is 299 g/mol. The molecule has 0 unspecified atom stereocenters. The van der Waals surface area contributed by atoms with Gasteiger partial charge in [0.15, 0.2) is 5.78 Å². The molecule has 0 saturated heterocycles. The Balaban J connectivity index is 2.21. The second-order valence-corrected chi connectivity index (χ2v) is 5.47. The lowest BCUT2D eigenvalue weighted by atomic mass is 9.98. The van der Waals surface area contributed by atoms with Crippen molar-refractivity contribution >= 4 is 28.4 Å². The molecule has 0 fully saturated rings. The highest BCUT2D eigenvalue weighted by molar-refractivity contribution is 6.35. The van der Waals surface area contributed by atoms with Gasteiger partial charge >= 0.3 is 0 Å². The zero-order valence-electron chi connectivity index (χ0n) is 11.9. The first-order chi connectivity index (χ1) is 10.1. The van der Waals surface area contributed by atoms with E-state index < -0.39 is 0 Å². The van der Waals surface area contributed by atoms with E-state index in [2.05, 4.69) is 0 Å². The summed E-state index contributed by atoms with van der Waals surface area (Å²) in [7, 11) is 0. The van der Waals surface area contributed by atoms with Gasteiger partial charge in [-0.3, -0.25) is 4.79 Å². The molecule has 0 aliphatic carbocycles. The Morgan fingerprint density at radius 3 is 2.67 bits per heavy atom. The minimum absolute atomic E-state index is 0.0817. The van der Waals surface area contributed by atoms with Crippen molar-refractivity contribution < 1.29 is 9.21 Å². The van der Waals surface area contributed by atoms with Gasteiger partial charge in [-0.1, -0.05) is 42.8 Å². The van der Waals surface area contributed by atoms with E-state index in [1.165, 1.54) is 0 Å². The molecule has 0 N–H and O–H groups in total. The number of para-hydroxylation sites is 1. The minimum atomic E-state index is -0.0817. The van der Waals surface area contributed by atoms with E-state index in [-0.39, 0.29) is 5.78 Å². The number of halogens is 1. The zero-order valence-corrected chi connectivity index (χ0v) is 12.7. The molecule has 0 aliphatic heterocycles. The Morgan fingerprint density at radius 1 is 1.19 bits per heavy atom. The number of ketones is 1. The van der Waals surface area contributed by atoms with Crippen LogP contribution in [-0.2, 0) is 6.42 Å². The van der Waals surface area contributed by atoms with Crippen molar-refractivity contribution in [1.82, 2.24) is 0 Å². The number of carbonyl (C=O) groups excluding carboxylic acids is 1. The molecule has 3 aromatic rings. The number of hydrogen-bond acceptors (Lipinski definition) is 2. The van der Waals surface area contributed by atoms with E-state index >= 15 is 0 Å². The van der Waals surface area contributed by atoms with Crippen LogP contribution in [0.4, 0.5) is 0 Å². The molecule has 3 rings (SSSR count). The molecule has 0 atom stereocenters. The quantitative estimate of drug-likeness (QED) is 0.623.